The Labute approximate surface area is 114 Å². The Bertz CT molecular complexity index is 542. The third-order valence-electron chi connectivity index (χ3n) is 2.86. The van der Waals surface area contributed by atoms with Crippen LogP contribution >= 0.6 is 0 Å². The summed E-state index contributed by atoms with van der Waals surface area (Å²) in [6.07, 6.45) is 0. The summed E-state index contributed by atoms with van der Waals surface area (Å²) in [5, 5.41) is 13.2. The van der Waals surface area contributed by atoms with Crippen molar-refractivity contribution in [3.63, 3.8) is 0 Å². The summed E-state index contributed by atoms with van der Waals surface area (Å²) >= 11 is 0. The topological polar surface area (TPSA) is 123 Å². The highest BCUT2D eigenvalue weighted by Gasteiger charge is 2.22. The molecule has 0 bridgehead atoms. The van der Waals surface area contributed by atoms with Crippen molar-refractivity contribution < 1.29 is 9.66 Å². The standard InChI is InChI=1S/C11H13N5O4/c12-7-10-11(13-14-17)20-6-5-15(10)8-1-3-9(4-2-8)16(18)19/h1-4H,5-7,12H2,(H,13,17). The second kappa shape index (κ2) is 5.97. The van der Waals surface area contributed by atoms with Crippen LogP contribution in [-0.4, -0.2) is 24.6 Å². The summed E-state index contributed by atoms with van der Waals surface area (Å²) in [7, 11) is 0. The first kappa shape index (κ1) is 13.7. The fraction of sp³-hybridized carbons (Fsp3) is 0.273. The molecule has 0 aromatic heterocycles. The number of hydrogen-bond donors (Lipinski definition) is 2. The number of nitrogens with one attached hydrogen (secondary N) is 1. The molecule has 9 heteroatoms. The highest BCUT2D eigenvalue weighted by atomic mass is 16.6. The predicted octanol–water partition coefficient (Wildman–Crippen LogP) is 0.830. The zero-order valence-corrected chi connectivity index (χ0v) is 10.5. The van der Waals surface area contributed by atoms with Crippen LogP contribution in [0.1, 0.15) is 0 Å². The summed E-state index contributed by atoms with van der Waals surface area (Å²) in [4.78, 5) is 22.3. The van der Waals surface area contributed by atoms with E-state index in [4.69, 9.17) is 10.5 Å². The molecule has 0 radical (unpaired) electrons. The SMILES string of the molecule is NCC1=C(NN=O)OCCN1c1ccc([N+](=O)[O-])cc1. The lowest BCUT2D eigenvalue weighted by Crippen LogP contribution is -2.38. The molecule has 0 atom stereocenters. The van der Waals surface area contributed by atoms with E-state index in [1.54, 1.807) is 12.1 Å². The molecule has 1 aromatic carbocycles. The van der Waals surface area contributed by atoms with Crippen molar-refractivity contribution in [3.8, 4) is 0 Å². The van der Waals surface area contributed by atoms with Gasteiger partial charge >= 0.3 is 0 Å². The molecule has 0 fully saturated rings. The average Bonchev–Trinajstić information content (AvgIpc) is 2.47. The van der Waals surface area contributed by atoms with E-state index in [-0.39, 0.29) is 18.1 Å². The van der Waals surface area contributed by atoms with Gasteiger partial charge in [-0.15, -0.1) is 4.91 Å². The fourth-order valence-corrected chi connectivity index (χ4v) is 1.96. The van der Waals surface area contributed by atoms with E-state index >= 15 is 0 Å². The number of nitro groups is 1. The Morgan fingerprint density at radius 3 is 2.70 bits per heavy atom. The van der Waals surface area contributed by atoms with Gasteiger partial charge in [0.15, 0.2) is 0 Å². The molecule has 1 heterocycles. The maximum Gasteiger partial charge on any atom is 0.269 e. The van der Waals surface area contributed by atoms with Crippen LogP contribution in [0.15, 0.2) is 41.1 Å². The summed E-state index contributed by atoms with van der Waals surface area (Å²) < 4.78 is 5.28. The molecule has 0 spiro atoms. The van der Waals surface area contributed by atoms with Crippen LogP contribution in [0.5, 0.6) is 0 Å². The van der Waals surface area contributed by atoms with Gasteiger partial charge in [0.1, 0.15) is 6.61 Å². The van der Waals surface area contributed by atoms with Crippen LogP contribution in [0.4, 0.5) is 11.4 Å². The van der Waals surface area contributed by atoms with Crippen LogP contribution in [0.3, 0.4) is 0 Å². The van der Waals surface area contributed by atoms with Gasteiger partial charge in [-0.1, -0.05) is 0 Å². The van der Waals surface area contributed by atoms with E-state index in [0.29, 0.717) is 18.8 Å². The van der Waals surface area contributed by atoms with Gasteiger partial charge in [-0.2, -0.15) is 0 Å². The average molecular weight is 279 g/mol. The van der Waals surface area contributed by atoms with Crippen LogP contribution in [0.2, 0.25) is 0 Å². The maximum absolute atomic E-state index is 10.6. The van der Waals surface area contributed by atoms with Crippen LogP contribution in [-0.2, 0) is 4.74 Å². The molecule has 3 N–H and O–H groups in total. The van der Waals surface area contributed by atoms with E-state index in [1.807, 2.05) is 4.90 Å². The summed E-state index contributed by atoms with van der Waals surface area (Å²) in [6, 6.07) is 6.05. The number of nitrogens with zero attached hydrogens (tertiary/aromatic N) is 3. The van der Waals surface area contributed by atoms with Crippen molar-refractivity contribution in [3.05, 3.63) is 50.9 Å². The highest BCUT2D eigenvalue weighted by Crippen LogP contribution is 2.25. The van der Waals surface area contributed by atoms with Crippen LogP contribution < -0.4 is 16.1 Å². The second-order valence-electron chi connectivity index (χ2n) is 3.96. The number of non-ortho nitro benzene ring substituents is 1. The fourth-order valence-electron chi connectivity index (χ4n) is 1.96. The third kappa shape index (κ3) is 2.67. The van der Waals surface area contributed by atoms with Crippen molar-refractivity contribution in [2.75, 3.05) is 24.6 Å². The zero-order chi connectivity index (χ0) is 14.5. The minimum atomic E-state index is -0.466. The Kier molecular flexibility index (Phi) is 4.11. The number of nitroso groups, excluding NO2 is 1. The van der Waals surface area contributed by atoms with Crippen molar-refractivity contribution >= 4 is 11.4 Å². The Morgan fingerprint density at radius 1 is 1.45 bits per heavy atom. The van der Waals surface area contributed by atoms with Gasteiger partial charge in [0.2, 0.25) is 5.88 Å². The van der Waals surface area contributed by atoms with Gasteiger partial charge < -0.3 is 15.4 Å². The van der Waals surface area contributed by atoms with Crippen molar-refractivity contribution in [2.24, 2.45) is 11.0 Å². The molecule has 1 aromatic rings. The normalized spacial score (nSPS) is 14.8. The number of nitrogens with two attached hydrogens (primary N) is 1. The first-order valence-electron chi connectivity index (χ1n) is 5.83. The smallest absolute Gasteiger partial charge is 0.269 e. The largest absolute Gasteiger partial charge is 0.475 e. The number of rotatable bonds is 5. The molecular weight excluding hydrogens is 266 g/mol. The van der Waals surface area contributed by atoms with Gasteiger partial charge in [0.25, 0.3) is 5.69 Å². The van der Waals surface area contributed by atoms with Gasteiger partial charge in [-0.3, -0.25) is 10.1 Å². The summed E-state index contributed by atoms with van der Waals surface area (Å²) in [5.41, 5.74) is 9.16. The maximum atomic E-state index is 10.6. The molecule has 0 amide bonds. The monoisotopic (exact) mass is 279 g/mol. The number of nitro benzene ring substituents is 1. The lowest BCUT2D eigenvalue weighted by Gasteiger charge is -2.32. The molecule has 106 valence electrons. The Balaban J connectivity index is 2.32. The molecule has 0 saturated heterocycles. The molecule has 2 rings (SSSR count). The highest BCUT2D eigenvalue weighted by molar-refractivity contribution is 5.56. The summed E-state index contributed by atoms with van der Waals surface area (Å²) in [5.74, 6) is 0.201. The molecule has 1 aliphatic rings. The predicted molar refractivity (Wildman–Crippen MR) is 71.4 cm³/mol. The van der Waals surface area contributed by atoms with Gasteiger partial charge in [-0.25, -0.2) is 5.43 Å². The number of ether oxygens (including phenoxy) is 1. The minimum absolute atomic E-state index is 0.00759. The Morgan fingerprint density at radius 2 is 2.15 bits per heavy atom. The molecule has 0 aliphatic carbocycles. The van der Waals surface area contributed by atoms with E-state index in [2.05, 4.69) is 10.7 Å². The second-order valence-corrected chi connectivity index (χ2v) is 3.96. The van der Waals surface area contributed by atoms with E-state index in [1.165, 1.54) is 12.1 Å². The lowest BCUT2D eigenvalue weighted by molar-refractivity contribution is -0.384. The van der Waals surface area contributed by atoms with Crippen molar-refractivity contribution in [1.82, 2.24) is 5.43 Å². The number of anilines is 1. The van der Waals surface area contributed by atoms with Crippen molar-refractivity contribution in [2.45, 2.75) is 0 Å². The molecular formula is C11H13N5O4. The number of hydrogen-bond acceptors (Lipinski definition) is 7. The molecule has 0 saturated carbocycles. The van der Waals surface area contributed by atoms with Crippen LogP contribution in [0.25, 0.3) is 0 Å². The van der Waals surface area contributed by atoms with Crippen LogP contribution in [0, 0.1) is 15.0 Å². The van der Waals surface area contributed by atoms with Gasteiger partial charge in [-0.05, 0) is 12.1 Å². The van der Waals surface area contributed by atoms with E-state index in [0.717, 1.165) is 5.69 Å². The quantitative estimate of drug-likeness (QED) is 0.464. The summed E-state index contributed by atoms with van der Waals surface area (Å²) in [6.45, 7) is 1.00. The number of benzene rings is 1. The lowest BCUT2D eigenvalue weighted by atomic mass is 10.2. The van der Waals surface area contributed by atoms with Gasteiger partial charge in [0, 0.05) is 24.4 Å². The molecule has 20 heavy (non-hydrogen) atoms. The van der Waals surface area contributed by atoms with E-state index in [9.17, 15) is 15.0 Å². The zero-order valence-electron chi connectivity index (χ0n) is 10.5. The first-order valence-corrected chi connectivity index (χ1v) is 5.83. The minimum Gasteiger partial charge on any atom is -0.475 e. The van der Waals surface area contributed by atoms with Crippen molar-refractivity contribution in [1.29, 1.82) is 0 Å². The molecule has 1 aliphatic heterocycles. The van der Waals surface area contributed by atoms with Gasteiger partial charge in [0.05, 0.1) is 22.5 Å². The Hall–Kier alpha value is -2.68. The molecule has 9 nitrogen and oxygen atoms in total. The molecule has 0 unspecified atom stereocenters. The van der Waals surface area contributed by atoms with E-state index < -0.39 is 4.92 Å². The third-order valence-corrected chi connectivity index (χ3v) is 2.86. The first-order chi connectivity index (χ1) is 9.67.